The van der Waals surface area contributed by atoms with Gasteiger partial charge in [0.2, 0.25) is 0 Å². The Morgan fingerprint density at radius 3 is 1.30 bits per heavy atom. The van der Waals surface area contributed by atoms with Crippen LogP contribution in [0.2, 0.25) is 0 Å². The van der Waals surface area contributed by atoms with E-state index in [4.69, 9.17) is 0 Å². The zero-order chi connectivity index (χ0) is 49.6. The molecule has 0 heterocycles. The monoisotopic (exact) mass is 911 g/mol. The summed E-state index contributed by atoms with van der Waals surface area (Å²) in [5.74, 6) is 1.24. The molecule has 0 saturated carbocycles. The highest BCUT2D eigenvalue weighted by molar-refractivity contribution is 5.83. The van der Waals surface area contributed by atoms with Gasteiger partial charge in [0, 0.05) is 5.92 Å². The van der Waals surface area contributed by atoms with E-state index in [0.717, 1.165) is 5.92 Å². The first kappa shape index (κ1) is 56.6. The minimum atomic E-state index is 0. The Bertz CT molecular complexity index is 2720. The van der Waals surface area contributed by atoms with Crippen molar-refractivity contribution in [3.05, 3.63) is 256 Å². The fraction of sp³-hybridized carbons (Fsp3) is 0.246. The number of fused-ring (bicyclic) bond motifs is 1. The van der Waals surface area contributed by atoms with Crippen LogP contribution in [0.5, 0.6) is 0 Å². The summed E-state index contributed by atoms with van der Waals surface area (Å²) in [6, 6.07) is 67.2. The molecule has 1 atom stereocenters. The Kier molecular flexibility index (Phi) is 23.9. The molecule has 0 saturated heterocycles. The minimum Gasteiger partial charge on any atom is -0.0871 e. The summed E-state index contributed by atoms with van der Waals surface area (Å²) < 4.78 is 0. The molecule has 0 aromatic heterocycles. The van der Waals surface area contributed by atoms with Crippen molar-refractivity contribution >= 4 is 5.57 Å². The Hall–Kier alpha value is -6.76. The van der Waals surface area contributed by atoms with Crippen molar-refractivity contribution in [1.82, 2.24) is 0 Å². The maximum atomic E-state index is 2.36. The molecule has 0 fully saturated rings. The maximum Gasteiger partial charge on any atom is 0.0352 e. The maximum absolute atomic E-state index is 2.36. The Morgan fingerprint density at radius 1 is 0.435 bits per heavy atom. The quantitative estimate of drug-likeness (QED) is 0.140. The topological polar surface area (TPSA) is 0 Å². The van der Waals surface area contributed by atoms with Crippen LogP contribution in [0.25, 0.3) is 50.1 Å². The van der Waals surface area contributed by atoms with Gasteiger partial charge in [0.1, 0.15) is 0 Å². The molecule has 0 nitrogen and oxygen atoms in total. The van der Waals surface area contributed by atoms with Crippen LogP contribution < -0.4 is 0 Å². The molecule has 1 aliphatic carbocycles. The average molecular weight is 911 g/mol. The fourth-order valence-electron chi connectivity index (χ4n) is 8.26. The van der Waals surface area contributed by atoms with Gasteiger partial charge < -0.3 is 0 Å². The number of allylic oxidation sites excluding steroid dienone is 4. The van der Waals surface area contributed by atoms with Crippen molar-refractivity contribution in [1.29, 1.82) is 0 Å². The summed E-state index contributed by atoms with van der Waals surface area (Å²) in [5, 5.41) is 0. The molecule has 8 aromatic carbocycles. The van der Waals surface area contributed by atoms with Crippen molar-refractivity contribution in [2.45, 2.75) is 110 Å². The van der Waals surface area contributed by atoms with E-state index >= 15 is 0 Å². The number of aryl methyl sites for hydroxylation is 3. The van der Waals surface area contributed by atoms with E-state index < -0.39 is 0 Å². The molecule has 8 aromatic rings. The molecule has 1 unspecified atom stereocenters. The zero-order valence-electron chi connectivity index (χ0n) is 43.8. The normalized spacial score (nSPS) is 11.8. The van der Waals surface area contributed by atoms with Crippen molar-refractivity contribution in [3.63, 3.8) is 0 Å². The molecular weight excluding hydrogens is 829 g/mol. The Morgan fingerprint density at radius 2 is 0.855 bits per heavy atom. The molecule has 1 aliphatic rings. The summed E-state index contributed by atoms with van der Waals surface area (Å²) in [6.07, 6.45) is 6.53. The summed E-state index contributed by atoms with van der Waals surface area (Å²) >= 11 is 0. The second-order valence-electron chi connectivity index (χ2n) is 17.5. The van der Waals surface area contributed by atoms with Gasteiger partial charge in [-0.3, -0.25) is 0 Å². The van der Waals surface area contributed by atoms with E-state index in [1.54, 1.807) is 0 Å². The van der Waals surface area contributed by atoms with Crippen molar-refractivity contribution in [2.75, 3.05) is 0 Å². The van der Waals surface area contributed by atoms with Gasteiger partial charge in [-0.15, -0.1) is 0 Å². The standard InChI is InChI=1S/C31H26.C22H22.C7H8.C4H10.2C2H6.CH4/c1-3-10-22(4-2)28-15-9-16-29-30(31(28)29)27-14-8-13-26(21-27)25-19-17-24(18-20-25)23-11-6-5-7-12-23;1-15-9-5-7-11-19(15)21-13-14-22(18(4)17(21)3)20-12-8-6-10-16(20)2;1-7-5-3-2-4-6-7;1-4(2)3;2*1-2;/h3-21,30H,1-2H3;5-14H,1-4H3;2-6H,1H3;4H,1-3H3;2*1-2H3;1H4/b10-3-,22-4+;;;;;;. The third-order valence-corrected chi connectivity index (χ3v) is 11.8. The van der Waals surface area contributed by atoms with Crippen LogP contribution in [-0.4, -0.2) is 0 Å². The molecular formula is C69H82. The first-order valence-electron chi connectivity index (χ1n) is 24.9. The zero-order valence-corrected chi connectivity index (χ0v) is 43.8. The highest BCUT2D eigenvalue weighted by Crippen LogP contribution is 2.52. The van der Waals surface area contributed by atoms with Gasteiger partial charge in [-0.1, -0.05) is 268 Å². The van der Waals surface area contributed by atoms with Crippen LogP contribution in [-0.2, 0) is 0 Å². The number of rotatable bonds is 7. The van der Waals surface area contributed by atoms with E-state index in [2.05, 4.69) is 257 Å². The smallest absolute Gasteiger partial charge is 0.0352 e. The largest absolute Gasteiger partial charge is 0.0871 e. The van der Waals surface area contributed by atoms with Gasteiger partial charge in [0.05, 0.1) is 0 Å². The molecule has 69 heavy (non-hydrogen) atoms. The van der Waals surface area contributed by atoms with Gasteiger partial charge in [-0.2, -0.15) is 0 Å². The summed E-state index contributed by atoms with van der Waals surface area (Å²) in [6.45, 7) is 29.6. The minimum absolute atomic E-state index is 0. The number of hydrogen-bond donors (Lipinski definition) is 0. The van der Waals surface area contributed by atoms with Crippen molar-refractivity contribution < 1.29 is 0 Å². The molecule has 0 N–H and O–H groups in total. The third kappa shape index (κ3) is 15.6. The fourth-order valence-corrected chi connectivity index (χ4v) is 8.26. The van der Waals surface area contributed by atoms with Crippen molar-refractivity contribution in [3.8, 4) is 44.5 Å². The molecule has 0 aliphatic heterocycles. The van der Waals surface area contributed by atoms with Gasteiger partial charge >= 0.3 is 0 Å². The molecule has 0 radical (unpaired) electrons. The predicted octanol–water partition coefficient (Wildman–Crippen LogP) is 21.1. The van der Waals surface area contributed by atoms with Crippen LogP contribution in [0.4, 0.5) is 0 Å². The van der Waals surface area contributed by atoms with Crippen LogP contribution >= 0.6 is 0 Å². The highest BCUT2D eigenvalue weighted by Gasteiger charge is 2.36. The van der Waals surface area contributed by atoms with Gasteiger partial charge in [-0.25, -0.2) is 0 Å². The number of hydrogen-bond acceptors (Lipinski definition) is 0. The van der Waals surface area contributed by atoms with Crippen LogP contribution in [0.1, 0.15) is 126 Å². The second kappa shape index (κ2) is 29.2. The molecule has 0 bridgehead atoms. The second-order valence-corrected chi connectivity index (χ2v) is 17.5. The van der Waals surface area contributed by atoms with Gasteiger partial charge in [0.15, 0.2) is 0 Å². The SMILES string of the molecule is C.C/C=C\C(=C/C)c1cccc2c1C2c1cccc(-c2ccc(-c3ccccc3)cc2)c1.CC.CC.CC(C)C.Cc1ccccc1.Cc1ccccc1-c1ccc(-c2ccccc2C)c(C)c1C. The molecule has 358 valence electrons. The molecule has 0 spiro atoms. The molecule has 0 heteroatoms. The van der Waals surface area contributed by atoms with Gasteiger partial charge in [0.25, 0.3) is 0 Å². The Balaban J connectivity index is 0.000000288. The summed E-state index contributed by atoms with van der Waals surface area (Å²) in [4.78, 5) is 0. The number of benzene rings is 8. The van der Waals surface area contributed by atoms with Crippen LogP contribution in [0.3, 0.4) is 0 Å². The molecule has 9 rings (SSSR count). The van der Waals surface area contributed by atoms with Crippen molar-refractivity contribution in [2.24, 2.45) is 5.92 Å². The first-order valence-corrected chi connectivity index (χ1v) is 24.9. The van der Waals surface area contributed by atoms with E-state index in [-0.39, 0.29) is 7.43 Å². The lowest BCUT2D eigenvalue weighted by molar-refractivity contribution is 0.737. The lowest BCUT2D eigenvalue weighted by Gasteiger charge is -2.16. The van der Waals surface area contributed by atoms with E-state index in [9.17, 15) is 0 Å². The Labute approximate surface area is 420 Å². The third-order valence-electron chi connectivity index (χ3n) is 11.8. The van der Waals surface area contributed by atoms with E-state index in [1.165, 1.54) is 100 Å². The van der Waals surface area contributed by atoms with E-state index in [0.29, 0.717) is 5.92 Å². The molecule has 0 amide bonds. The predicted molar refractivity (Wildman–Crippen MR) is 311 cm³/mol. The highest BCUT2D eigenvalue weighted by atomic mass is 14.4. The lowest BCUT2D eigenvalue weighted by Crippen LogP contribution is -1.94. The van der Waals surface area contributed by atoms with Crippen LogP contribution in [0, 0.1) is 40.5 Å². The summed E-state index contributed by atoms with van der Waals surface area (Å²) in [5.41, 5.74) is 24.1. The summed E-state index contributed by atoms with van der Waals surface area (Å²) in [7, 11) is 0. The average Bonchev–Trinajstić information content (AvgIpc) is 4.12. The van der Waals surface area contributed by atoms with E-state index in [1.807, 2.05) is 45.9 Å². The lowest BCUT2D eigenvalue weighted by atomic mass is 9.88. The first-order chi connectivity index (χ1) is 33.0. The van der Waals surface area contributed by atoms with Crippen LogP contribution in [0.15, 0.2) is 206 Å². The van der Waals surface area contributed by atoms with Gasteiger partial charge in [-0.05, 0) is 149 Å².